The van der Waals surface area contributed by atoms with E-state index in [0.717, 1.165) is 11.4 Å². The maximum Gasteiger partial charge on any atom is 0.259 e. The molecule has 0 aliphatic rings. The minimum atomic E-state index is -3.62. The van der Waals surface area contributed by atoms with E-state index in [1.165, 1.54) is 6.33 Å². The summed E-state index contributed by atoms with van der Waals surface area (Å²) in [4.78, 5) is 3.98. The zero-order chi connectivity index (χ0) is 16.5. The molecule has 0 aromatic carbocycles. The highest BCUT2D eigenvalue weighted by atomic mass is 32.2. The van der Waals surface area contributed by atoms with Gasteiger partial charge < -0.3 is 4.57 Å². The third-order valence-electron chi connectivity index (χ3n) is 3.36. The van der Waals surface area contributed by atoms with Crippen molar-refractivity contribution >= 4 is 10.0 Å². The lowest BCUT2D eigenvalue weighted by atomic mass is 10.3. The summed E-state index contributed by atoms with van der Waals surface area (Å²) in [6.45, 7) is 10.1. The van der Waals surface area contributed by atoms with E-state index < -0.39 is 10.0 Å². The van der Waals surface area contributed by atoms with E-state index >= 15 is 0 Å². The molecule has 0 aliphatic carbocycles. The highest BCUT2D eigenvalue weighted by Crippen LogP contribution is 2.11. The van der Waals surface area contributed by atoms with Gasteiger partial charge >= 0.3 is 0 Å². The van der Waals surface area contributed by atoms with E-state index in [-0.39, 0.29) is 17.1 Å². The molecule has 22 heavy (non-hydrogen) atoms. The van der Waals surface area contributed by atoms with E-state index in [2.05, 4.69) is 14.8 Å². The van der Waals surface area contributed by atoms with Crippen LogP contribution in [0.15, 0.2) is 23.6 Å². The van der Waals surface area contributed by atoms with Gasteiger partial charge in [-0.3, -0.25) is 4.68 Å². The van der Waals surface area contributed by atoms with Gasteiger partial charge in [0.05, 0.1) is 18.6 Å². The van der Waals surface area contributed by atoms with Crippen molar-refractivity contribution in [2.24, 2.45) is 0 Å². The van der Waals surface area contributed by atoms with Gasteiger partial charge in [-0.05, 0) is 40.7 Å². The van der Waals surface area contributed by atoms with E-state index in [1.807, 2.05) is 40.7 Å². The number of hydrogen-bond acceptors (Lipinski definition) is 4. The molecule has 1 N–H and O–H groups in total. The predicted octanol–water partition coefficient (Wildman–Crippen LogP) is 1.64. The van der Waals surface area contributed by atoms with Crippen LogP contribution in [0.1, 0.15) is 38.2 Å². The third-order valence-corrected chi connectivity index (χ3v) is 4.83. The molecule has 0 fully saturated rings. The van der Waals surface area contributed by atoms with Gasteiger partial charge in [-0.2, -0.15) is 5.10 Å². The smallest absolute Gasteiger partial charge is 0.259 e. The van der Waals surface area contributed by atoms with Gasteiger partial charge in [-0.15, -0.1) is 0 Å². The van der Waals surface area contributed by atoms with E-state index in [9.17, 15) is 8.42 Å². The second-order valence-electron chi connectivity index (χ2n) is 5.88. The molecule has 0 saturated heterocycles. The zero-order valence-electron chi connectivity index (χ0n) is 13.6. The van der Waals surface area contributed by atoms with Crippen molar-refractivity contribution in [2.75, 3.05) is 0 Å². The maximum absolute atomic E-state index is 12.3. The van der Waals surface area contributed by atoms with Crippen LogP contribution in [0.2, 0.25) is 0 Å². The van der Waals surface area contributed by atoms with Gasteiger partial charge in [0.1, 0.15) is 0 Å². The first-order valence-electron chi connectivity index (χ1n) is 7.26. The second kappa shape index (κ2) is 6.21. The molecule has 122 valence electrons. The minimum Gasteiger partial charge on any atom is -0.334 e. The van der Waals surface area contributed by atoms with Crippen LogP contribution in [0.4, 0.5) is 0 Å². The Balaban J connectivity index is 2.08. The highest BCUT2D eigenvalue weighted by Gasteiger charge is 2.21. The van der Waals surface area contributed by atoms with Crippen LogP contribution in [-0.2, 0) is 16.6 Å². The summed E-state index contributed by atoms with van der Waals surface area (Å²) in [7, 11) is -3.62. The first kappa shape index (κ1) is 16.7. The number of sulfonamides is 1. The summed E-state index contributed by atoms with van der Waals surface area (Å²) in [6.07, 6.45) is 3.08. The molecule has 2 heterocycles. The van der Waals surface area contributed by atoms with Gasteiger partial charge in [-0.1, -0.05) is 0 Å². The first-order chi connectivity index (χ1) is 10.2. The quantitative estimate of drug-likeness (QED) is 0.875. The Bertz CT molecular complexity index is 745. The maximum atomic E-state index is 12.3. The topological polar surface area (TPSA) is 81.8 Å². The molecule has 0 aliphatic heterocycles. The second-order valence-corrected chi connectivity index (χ2v) is 7.55. The molecule has 2 aromatic rings. The minimum absolute atomic E-state index is 0.0430. The fourth-order valence-electron chi connectivity index (χ4n) is 2.22. The SMILES string of the molecule is Cc1cc(C)n(C[C@H](C)NS(=O)(=O)c2cn(C(C)C)cn2)n1. The van der Waals surface area contributed by atoms with E-state index in [4.69, 9.17) is 0 Å². The third kappa shape index (κ3) is 3.75. The van der Waals surface area contributed by atoms with Crippen LogP contribution in [-0.4, -0.2) is 33.8 Å². The lowest BCUT2D eigenvalue weighted by Crippen LogP contribution is -2.36. The number of nitrogens with zero attached hydrogens (tertiary/aromatic N) is 4. The molecule has 0 saturated carbocycles. The number of aromatic nitrogens is 4. The summed E-state index contributed by atoms with van der Waals surface area (Å²) in [5.74, 6) is 0. The molecule has 0 radical (unpaired) electrons. The molecule has 0 bridgehead atoms. The lowest BCUT2D eigenvalue weighted by molar-refractivity contribution is 0.484. The van der Waals surface area contributed by atoms with Crippen LogP contribution in [0, 0.1) is 13.8 Å². The Labute approximate surface area is 131 Å². The number of imidazole rings is 1. The Morgan fingerprint density at radius 1 is 1.27 bits per heavy atom. The van der Waals surface area contributed by atoms with Crippen molar-refractivity contribution in [3.05, 3.63) is 30.0 Å². The molecule has 8 heteroatoms. The van der Waals surface area contributed by atoms with Crippen LogP contribution in [0.3, 0.4) is 0 Å². The van der Waals surface area contributed by atoms with Gasteiger partial charge in [0.15, 0.2) is 5.03 Å². The fraction of sp³-hybridized carbons (Fsp3) is 0.571. The Kier molecular flexibility index (Phi) is 4.72. The van der Waals surface area contributed by atoms with Crippen molar-refractivity contribution < 1.29 is 8.42 Å². The number of nitrogens with one attached hydrogen (secondary N) is 1. The number of rotatable bonds is 6. The van der Waals surface area contributed by atoms with Gasteiger partial charge in [0.2, 0.25) is 0 Å². The zero-order valence-corrected chi connectivity index (χ0v) is 14.4. The molecule has 1 atom stereocenters. The number of hydrogen-bond donors (Lipinski definition) is 1. The molecule has 7 nitrogen and oxygen atoms in total. The summed E-state index contributed by atoms with van der Waals surface area (Å²) in [5, 5.41) is 4.39. The van der Waals surface area contributed by atoms with Crippen LogP contribution < -0.4 is 4.72 Å². The van der Waals surface area contributed by atoms with Gasteiger partial charge in [0.25, 0.3) is 10.0 Å². The molecular weight excluding hydrogens is 302 g/mol. The molecule has 2 aromatic heterocycles. The Morgan fingerprint density at radius 3 is 2.45 bits per heavy atom. The monoisotopic (exact) mass is 325 g/mol. The summed E-state index contributed by atoms with van der Waals surface area (Å²) in [5.41, 5.74) is 1.93. The average molecular weight is 325 g/mol. The normalized spacial score (nSPS) is 13.7. The molecule has 0 amide bonds. The van der Waals surface area contributed by atoms with Crippen molar-refractivity contribution in [3.63, 3.8) is 0 Å². The van der Waals surface area contributed by atoms with Crippen LogP contribution in [0.25, 0.3) is 0 Å². The average Bonchev–Trinajstić information content (AvgIpc) is 2.96. The molecule has 0 unspecified atom stereocenters. The predicted molar refractivity (Wildman–Crippen MR) is 84.1 cm³/mol. The van der Waals surface area contributed by atoms with Crippen LogP contribution in [0.5, 0.6) is 0 Å². The van der Waals surface area contributed by atoms with Crippen molar-refractivity contribution in [1.82, 2.24) is 24.1 Å². The molecular formula is C14H23N5O2S. The summed E-state index contributed by atoms with van der Waals surface area (Å²) < 4.78 is 30.9. The van der Waals surface area contributed by atoms with E-state index in [0.29, 0.717) is 6.54 Å². The van der Waals surface area contributed by atoms with Gasteiger partial charge in [-0.25, -0.2) is 18.1 Å². The van der Waals surface area contributed by atoms with Crippen molar-refractivity contribution in [1.29, 1.82) is 0 Å². The fourth-order valence-corrected chi connectivity index (χ4v) is 3.39. The van der Waals surface area contributed by atoms with E-state index in [1.54, 1.807) is 15.4 Å². The number of aryl methyl sites for hydroxylation is 2. The largest absolute Gasteiger partial charge is 0.334 e. The van der Waals surface area contributed by atoms with Crippen molar-refractivity contribution in [3.8, 4) is 0 Å². The summed E-state index contributed by atoms with van der Waals surface area (Å²) >= 11 is 0. The first-order valence-corrected chi connectivity index (χ1v) is 8.74. The Morgan fingerprint density at radius 2 is 1.95 bits per heavy atom. The lowest BCUT2D eigenvalue weighted by Gasteiger charge is -2.14. The molecule has 2 rings (SSSR count). The molecule has 0 spiro atoms. The standard InChI is InChI=1S/C14H23N5O2S/c1-10(2)18-8-14(15-9-18)22(20,21)17-12(4)7-19-13(5)6-11(3)16-19/h6,8-10,12,17H,7H2,1-5H3/t12-/m0/s1. The van der Waals surface area contributed by atoms with Gasteiger partial charge in [0, 0.05) is 24.0 Å². The van der Waals surface area contributed by atoms with Crippen molar-refractivity contribution in [2.45, 2.75) is 58.3 Å². The Hall–Kier alpha value is -1.67. The summed E-state index contributed by atoms with van der Waals surface area (Å²) in [6, 6.07) is 1.85. The van der Waals surface area contributed by atoms with Crippen LogP contribution >= 0.6 is 0 Å². The highest BCUT2D eigenvalue weighted by molar-refractivity contribution is 7.89.